The van der Waals surface area contributed by atoms with Gasteiger partial charge < -0.3 is 18.8 Å². The predicted octanol–water partition coefficient (Wildman–Crippen LogP) is 2.46. The topological polar surface area (TPSA) is 114 Å². The van der Waals surface area contributed by atoms with Crippen LogP contribution in [0.3, 0.4) is 0 Å². The molecule has 2 aromatic heterocycles. The van der Waals surface area contributed by atoms with Crippen LogP contribution in [0.1, 0.15) is 17.0 Å². The highest BCUT2D eigenvalue weighted by Gasteiger charge is 2.36. The Morgan fingerprint density at radius 3 is 2.56 bits per heavy atom. The monoisotopic (exact) mass is 548 g/mol. The molecule has 11 nitrogen and oxygen atoms in total. The highest BCUT2D eigenvalue weighted by molar-refractivity contribution is 7.91. The van der Waals surface area contributed by atoms with E-state index in [-0.39, 0.29) is 10.6 Å². The summed E-state index contributed by atoms with van der Waals surface area (Å²) in [6.45, 7) is 5.67. The Kier molecular flexibility index (Phi) is 5.99. The molecule has 4 aromatic rings. The van der Waals surface area contributed by atoms with Gasteiger partial charge in [0.25, 0.3) is 0 Å². The summed E-state index contributed by atoms with van der Waals surface area (Å²) in [6, 6.07) is 13.4. The van der Waals surface area contributed by atoms with E-state index < -0.39 is 9.84 Å². The van der Waals surface area contributed by atoms with Crippen LogP contribution in [0.4, 0.5) is 0 Å². The maximum Gasteiger partial charge on any atom is 0.185 e. The number of fused-ring (bicyclic) bond motifs is 4. The van der Waals surface area contributed by atoms with E-state index in [9.17, 15) is 8.42 Å². The van der Waals surface area contributed by atoms with Crippen molar-refractivity contribution in [3.63, 3.8) is 0 Å². The van der Waals surface area contributed by atoms with E-state index in [4.69, 9.17) is 19.3 Å². The van der Waals surface area contributed by atoms with Crippen molar-refractivity contribution in [3.05, 3.63) is 59.4 Å². The Balaban J connectivity index is 1.37. The second-order valence-corrected chi connectivity index (χ2v) is 11.9. The largest absolute Gasteiger partial charge is 0.497 e. The fraction of sp³-hybridized carbons (Fsp3) is 0.370. The van der Waals surface area contributed by atoms with Crippen molar-refractivity contribution < 1.29 is 22.6 Å². The van der Waals surface area contributed by atoms with Crippen LogP contribution in [0.15, 0.2) is 47.4 Å². The van der Waals surface area contributed by atoms with Gasteiger partial charge in [0.05, 0.1) is 49.0 Å². The summed E-state index contributed by atoms with van der Waals surface area (Å²) in [4.78, 5) is 2.61. The van der Waals surface area contributed by atoms with Gasteiger partial charge in [0.2, 0.25) is 0 Å². The normalized spacial score (nSPS) is 18.3. The number of rotatable bonds is 5. The van der Waals surface area contributed by atoms with Crippen molar-refractivity contribution in [3.8, 4) is 34.2 Å². The summed E-state index contributed by atoms with van der Waals surface area (Å²) in [7, 11) is -2.12. The molecule has 0 unspecified atom stereocenters. The lowest BCUT2D eigenvalue weighted by Gasteiger charge is -2.26. The molecule has 12 heteroatoms. The molecule has 39 heavy (non-hydrogen) atoms. The van der Waals surface area contributed by atoms with E-state index in [2.05, 4.69) is 27.2 Å². The van der Waals surface area contributed by atoms with E-state index in [1.165, 1.54) is 12.7 Å². The zero-order valence-electron chi connectivity index (χ0n) is 21.5. The van der Waals surface area contributed by atoms with E-state index in [0.717, 1.165) is 44.2 Å². The van der Waals surface area contributed by atoms with Crippen LogP contribution < -0.4 is 4.74 Å². The average Bonchev–Trinajstić information content (AvgIpc) is 3.55. The Morgan fingerprint density at radius 1 is 0.974 bits per heavy atom. The maximum atomic E-state index is 13.5. The van der Waals surface area contributed by atoms with Crippen molar-refractivity contribution in [2.24, 2.45) is 0 Å². The number of nitrogens with zero attached hydrogens (tertiary/aromatic N) is 6. The van der Waals surface area contributed by atoms with Gasteiger partial charge in [-0.1, -0.05) is 12.1 Å². The van der Waals surface area contributed by atoms with Crippen molar-refractivity contribution in [1.29, 1.82) is 0 Å². The molecule has 0 spiro atoms. The number of hydrogen-bond acceptors (Lipinski definition) is 9. The molecule has 3 aliphatic rings. The molecule has 0 atom stereocenters. The summed E-state index contributed by atoms with van der Waals surface area (Å²) in [6.07, 6.45) is 0. The first-order chi connectivity index (χ1) is 19.0. The maximum absolute atomic E-state index is 13.5. The zero-order chi connectivity index (χ0) is 26.6. The summed E-state index contributed by atoms with van der Waals surface area (Å²) in [5, 5.41) is 13.7. The number of ether oxygens (including phenoxy) is 3. The smallest absolute Gasteiger partial charge is 0.185 e. The third-order valence-corrected chi connectivity index (χ3v) is 9.19. The molecule has 0 amide bonds. The Morgan fingerprint density at radius 2 is 1.77 bits per heavy atom. The predicted molar refractivity (Wildman–Crippen MR) is 141 cm³/mol. The fourth-order valence-corrected chi connectivity index (χ4v) is 7.12. The number of aromatic nitrogens is 5. The van der Waals surface area contributed by atoms with Crippen molar-refractivity contribution in [2.75, 3.05) is 40.0 Å². The quantitative estimate of drug-likeness (QED) is 0.371. The third kappa shape index (κ3) is 4.24. The van der Waals surface area contributed by atoms with Gasteiger partial charge in [-0.25, -0.2) is 13.1 Å². The zero-order valence-corrected chi connectivity index (χ0v) is 22.4. The van der Waals surface area contributed by atoms with Crippen LogP contribution in [0.5, 0.6) is 5.75 Å². The molecule has 7 rings (SSSR count). The minimum atomic E-state index is -3.65. The van der Waals surface area contributed by atoms with Gasteiger partial charge in [-0.2, -0.15) is 5.10 Å². The van der Waals surface area contributed by atoms with Gasteiger partial charge >= 0.3 is 0 Å². The first-order valence-electron chi connectivity index (χ1n) is 12.9. The second kappa shape index (κ2) is 9.56. The molecular formula is C27H28N6O5S. The van der Waals surface area contributed by atoms with Gasteiger partial charge in [0, 0.05) is 37.3 Å². The highest BCUT2D eigenvalue weighted by atomic mass is 32.2. The Hall–Kier alpha value is -3.58. The molecule has 0 radical (unpaired) electrons. The first-order valence-corrected chi connectivity index (χ1v) is 14.6. The van der Waals surface area contributed by atoms with Crippen LogP contribution in [-0.2, 0) is 44.8 Å². The average molecular weight is 549 g/mol. The Labute approximate surface area is 225 Å². The van der Waals surface area contributed by atoms with Crippen molar-refractivity contribution in [1.82, 2.24) is 29.4 Å². The molecule has 0 aliphatic carbocycles. The van der Waals surface area contributed by atoms with Gasteiger partial charge in [-0.15, -0.1) is 10.2 Å². The van der Waals surface area contributed by atoms with Crippen molar-refractivity contribution in [2.45, 2.75) is 30.3 Å². The standard InChI is InChI=1S/C27H28N6O5S/c1-36-20-6-7-21-23(14-20)39(34,35)17-22-25(27-29-28-24-16-38-13-10-32(24)27)30-33(26(21)22)19-4-2-18(3-5-19)15-31-8-11-37-12-9-31/h2-7,14H,8-13,15-17H2,1H3. The SMILES string of the molecule is COc1ccc2c(c1)S(=O)(=O)Cc1c(-c3nnc4n3CCOC4)nn(-c3ccc(CN4CCOCC4)cc3)c1-2. The van der Waals surface area contributed by atoms with E-state index in [0.29, 0.717) is 54.0 Å². The molecule has 0 N–H and O–H groups in total. The minimum Gasteiger partial charge on any atom is -0.497 e. The second-order valence-electron chi connectivity index (χ2n) is 9.91. The molecule has 1 saturated heterocycles. The van der Waals surface area contributed by atoms with Gasteiger partial charge in [-0.05, 0) is 35.9 Å². The number of benzene rings is 2. The minimum absolute atomic E-state index is 0.189. The molecule has 3 aliphatic heterocycles. The molecule has 2 aromatic carbocycles. The molecule has 202 valence electrons. The first kappa shape index (κ1) is 24.5. The molecule has 0 bridgehead atoms. The molecule has 5 heterocycles. The summed E-state index contributed by atoms with van der Waals surface area (Å²) in [5.41, 5.74) is 4.50. The van der Waals surface area contributed by atoms with Gasteiger partial charge in [-0.3, -0.25) is 4.90 Å². The van der Waals surface area contributed by atoms with Gasteiger partial charge in [0.15, 0.2) is 21.5 Å². The number of morpholine rings is 1. The number of methoxy groups -OCH3 is 1. The van der Waals surface area contributed by atoms with E-state index >= 15 is 0 Å². The van der Waals surface area contributed by atoms with Crippen LogP contribution in [0.25, 0.3) is 28.5 Å². The van der Waals surface area contributed by atoms with E-state index in [1.54, 1.807) is 18.2 Å². The fourth-order valence-electron chi connectivity index (χ4n) is 5.51. The lowest BCUT2D eigenvalue weighted by molar-refractivity contribution is 0.0342. The van der Waals surface area contributed by atoms with Gasteiger partial charge in [0.1, 0.15) is 18.1 Å². The summed E-state index contributed by atoms with van der Waals surface area (Å²) in [5.74, 6) is 1.56. The molecule has 0 saturated carbocycles. The molecular weight excluding hydrogens is 520 g/mol. The Bertz CT molecular complexity index is 1650. The lowest BCUT2D eigenvalue weighted by atomic mass is 10.0. The highest BCUT2D eigenvalue weighted by Crippen LogP contribution is 2.44. The van der Waals surface area contributed by atoms with Crippen LogP contribution in [0.2, 0.25) is 0 Å². The van der Waals surface area contributed by atoms with E-state index in [1.807, 2.05) is 21.4 Å². The number of hydrogen-bond donors (Lipinski definition) is 0. The number of sulfone groups is 1. The molecule has 1 fully saturated rings. The summed E-state index contributed by atoms with van der Waals surface area (Å²) >= 11 is 0. The van der Waals surface area contributed by atoms with Crippen LogP contribution >= 0.6 is 0 Å². The van der Waals surface area contributed by atoms with Crippen LogP contribution in [0, 0.1) is 0 Å². The lowest BCUT2D eigenvalue weighted by Crippen LogP contribution is -2.35. The van der Waals surface area contributed by atoms with Crippen LogP contribution in [-0.4, -0.2) is 77.9 Å². The van der Waals surface area contributed by atoms with Crippen molar-refractivity contribution >= 4 is 9.84 Å². The summed E-state index contributed by atoms with van der Waals surface area (Å²) < 4.78 is 47.2. The third-order valence-electron chi connectivity index (χ3n) is 7.52.